The van der Waals surface area contributed by atoms with E-state index in [4.69, 9.17) is 5.11 Å². The molecule has 76 valence electrons. The molecule has 0 saturated carbocycles. The highest BCUT2D eigenvalue weighted by Crippen LogP contribution is 2.20. The highest BCUT2D eigenvalue weighted by molar-refractivity contribution is 5.94. The highest BCUT2D eigenvalue weighted by atomic mass is 16.4. The average molecular weight is 201 g/mol. The van der Waals surface area contributed by atoms with Crippen LogP contribution in [0.2, 0.25) is 0 Å². The van der Waals surface area contributed by atoms with Gasteiger partial charge in [-0.3, -0.25) is 0 Å². The first-order valence-electron chi connectivity index (χ1n) is 4.67. The van der Waals surface area contributed by atoms with Gasteiger partial charge in [-0.1, -0.05) is 24.3 Å². The third-order valence-electron chi connectivity index (χ3n) is 2.34. The number of hydrogen-bond donors (Lipinski definition) is 2. The van der Waals surface area contributed by atoms with Crippen molar-refractivity contribution in [1.82, 2.24) is 4.98 Å². The number of aromatic amines is 1. The minimum Gasteiger partial charge on any atom is -0.477 e. The van der Waals surface area contributed by atoms with E-state index in [1.54, 1.807) is 12.1 Å². The van der Waals surface area contributed by atoms with Gasteiger partial charge < -0.3 is 10.1 Å². The number of rotatable bonds is 3. The Balaban J connectivity index is 2.63. The van der Waals surface area contributed by atoms with Crippen LogP contribution in [0.5, 0.6) is 0 Å². The monoisotopic (exact) mass is 201 g/mol. The van der Waals surface area contributed by atoms with Crippen molar-refractivity contribution in [3.05, 3.63) is 48.2 Å². The molecule has 3 nitrogen and oxygen atoms in total. The first-order valence-corrected chi connectivity index (χ1v) is 4.67. The van der Waals surface area contributed by atoms with E-state index in [9.17, 15) is 4.79 Å². The van der Waals surface area contributed by atoms with E-state index in [1.807, 2.05) is 18.2 Å². The fraction of sp³-hybridized carbons (Fsp3) is 0.0833. The predicted molar refractivity (Wildman–Crippen MR) is 59.2 cm³/mol. The Hall–Kier alpha value is -2.03. The molecule has 0 saturated heterocycles. The molecule has 0 bridgehead atoms. The van der Waals surface area contributed by atoms with Gasteiger partial charge in [-0.25, -0.2) is 4.79 Å². The highest BCUT2D eigenvalue weighted by Gasteiger charge is 2.08. The van der Waals surface area contributed by atoms with Gasteiger partial charge in [0, 0.05) is 10.9 Å². The summed E-state index contributed by atoms with van der Waals surface area (Å²) in [5, 5.41) is 9.78. The van der Waals surface area contributed by atoms with Gasteiger partial charge in [0.25, 0.3) is 0 Å². The summed E-state index contributed by atoms with van der Waals surface area (Å²) in [5.41, 5.74) is 2.17. The van der Waals surface area contributed by atoms with Gasteiger partial charge in [0.1, 0.15) is 5.69 Å². The van der Waals surface area contributed by atoms with Gasteiger partial charge >= 0.3 is 5.97 Å². The molecule has 1 heterocycles. The lowest BCUT2D eigenvalue weighted by Crippen LogP contribution is -1.95. The summed E-state index contributed by atoms with van der Waals surface area (Å²) in [6.07, 6.45) is 2.53. The van der Waals surface area contributed by atoms with Crippen LogP contribution in [-0.4, -0.2) is 16.1 Å². The average Bonchev–Trinajstić information content (AvgIpc) is 2.63. The first kappa shape index (κ1) is 9.52. The molecule has 0 spiro atoms. The zero-order valence-electron chi connectivity index (χ0n) is 8.16. The normalized spacial score (nSPS) is 10.4. The number of carboxylic acids is 1. The molecule has 0 aliphatic carbocycles. The lowest BCUT2D eigenvalue weighted by molar-refractivity contribution is 0.0691. The number of aromatic nitrogens is 1. The van der Waals surface area contributed by atoms with Crippen molar-refractivity contribution in [2.75, 3.05) is 0 Å². The smallest absolute Gasteiger partial charge is 0.352 e. The zero-order chi connectivity index (χ0) is 10.8. The lowest BCUT2D eigenvalue weighted by atomic mass is 10.1. The van der Waals surface area contributed by atoms with Crippen molar-refractivity contribution >= 4 is 16.9 Å². The van der Waals surface area contributed by atoms with Gasteiger partial charge in [-0.05, 0) is 18.1 Å². The molecule has 0 unspecified atom stereocenters. The van der Waals surface area contributed by atoms with Crippen LogP contribution in [-0.2, 0) is 6.42 Å². The van der Waals surface area contributed by atoms with Crippen molar-refractivity contribution in [1.29, 1.82) is 0 Å². The van der Waals surface area contributed by atoms with Crippen LogP contribution in [0.15, 0.2) is 36.9 Å². The van der Waals surface area contributed by atoms with Crippen LogP contribution in [0, 0.1) is 0 Å². The van der Waals surface area contributed by atoms with E-state index in [1.165, 1.54) is 0 Å². The molecule has 0 atom stereocenters. The number of para-hydroxylation sites is 1. The van der Waals surface area contributed by atoms with E-state index in [2.05, 4.69) is 11.6 Å². The first-order chi connectivity index (χ1) is 7.22. The minimum absolute atomic E-state index is 0.224. The van der Waals surface area contributed by atoms with Crippen molar-refractivity contribution in [3.8, 4) is 0 Å². The number of allylic oxidation sites excluding steroid dienone is 1. The Labute approximate surface area is 87.0 Å². The molecule has 0 aliphatic rings. The maximum absolute atomic E-state index is 10.8. The predicted octanol–water partition coefficient (Wildman–Crippen LogP) is 2.59. The van der Waals surface area contributed by atoms with E-state index >= 15 is 0 Å². The summed E-state index contributed by atoms with van der Waals surface area (Å²) in [7, 11) is 0. The number of hydrogen-bond acceptors (Lipinski definition) is 1. The fourth-order valence-electron chi connectivity index (χ4n) is 1.66. The fourth-order valence-corrected chi connectivity index (χ4v) is 1.66. The van der Waals surface area contributed by atoms with Crippen molar-refractivity contribution in [2.24, 2.45) is 0 Å². The van der Waals surface area contributed by atoms with Crippen LogP contribution in [0.1, 0.15) is 16.1 Å². The summed E-state index contributed by atoms with van der Waals surface area (Å²) in [6, 6.07) is 7.42. The summed E-state index contributed by atoms with van der Waals surface area (Å²) in [4.78, 5) is 13.7. The Bertz CT molecular complexity index is 525. The van der Waals surface area contributed by atoms with Crippen LogP contribution in [0.25, 0.3) is 10.9 Å². The van der Waals surface area contributed by atoms with Crippen LogP contribution >= 0.6 is 0 Å². The molecule has 2 rings (SSSR count). The number of carboxylic acid groups (broad SMARTS) is 1. The number of carbonyl (C=O) groups is 1. The molecule has 0 aliphatic heterocycles. The van der Waals surface area contributed by atoms with E-state index < -0.39 is 5.97 Å². The van der Waals surface area contributed by atoms with Gasteiger partial charge in [-0.15, -0.1) is 6.58 Å². The summed E-state index contributed by atoms with van der Waals surface area (Å²) in [6.45, 7) is 3.67. The third-order valence-corrected chi connectivity index (χ3v) is 2.34. The Morgan fingerprint density at radius 1 is 1.53 bits per heavy atom. The van der Waals surface area contributed by atoms with Crippen molar-refractivity contribution in [3.63, 3.8) is 0 Å². The standard InChI is InChI=1S/C12H11NO2/c1-2-4-8-5-3-6-9-7-10(12(14)15)13-11(8)9/h2-3,5-7,13H,1,4H2,(H,14,15). The van der Waals surface area contributed by atoms with Crippen LogP contribution < -0.4 is 0 Å². The number of benzene rings is 1. The molecule has 0 radical (unpaired) electrons. The molecule has 1 aromatic heterocycles. The van der Waals surface area contributed by atoms with E-state index in [-0.39, 0.29) is 5.69 Å². The van der Waals surface area contributed by atoms with Gasteiger partial charge in [0.15, 0.2) is 0 Å². The quantitative estimate of drug-likeness (QED) is 0.750. The van der Waals surface area contributed by atoms with Crippen LogP contribution in [0.4, 0.5) is 0 Å². The van der Waals surface area contributed by atoms with Crippen molar-refractivity contribution in [2.45, 2.75) is 6.42 Å². The maximum atomic E-state index is 10.8. The number of aromatic carboxylic acids is 1. The second-order valence-electron chi connectivity index (χ2n) is 3.36. The number of H-pyrrole nitrogens is 1. The van der Waals surface area contributed by atoms with Gasteiger partial charge in [0.2, 0.25) is 0 Å². The summed E-state index contributed by atoms with van der Waals surface area (Å²) < 4.78 is 0. The molecule has 3 heteroatoms. The SMILES string of the molecule is C=CCc1cccc2cc(C(=O)O)[nH]c12. The molecule has 0 amide bonds. The lowest BCUT2D eigenvalue weighted by Gasteiger charge is -1.98. The number of fused-ring (bicyclic) bond motifs is 1. The second kappa shape index (κ2) is 3.61. The molecule has 1 aromatic carbocycles. The van der Waals surface area contributed by atoms with E-state index in [0.29, 0.717) is 0 Å². The van der Waals surface area contributed by atoms with Gasteiger partial charge in [0.05, 0.1) is 0 Å². The Morgan fingerprint density at radius 3 is 3.00 bits per heavy atom. The summed E-state index contributed by atoms with van der Waals surface area (Å²) >= 11 is 0. The Morgan fingerprint density at radius 2 is 2.33 bits per heavy atom. The Kier molecular flexibility index (Phi) is 2.29. The molecule has 2 N–H and O–H groups in total. The van der Waals surface area contributed by atoms with E-state index in [0.717, 1.165) is 22.9 Å². The maximum Gasteiger partial charge on any atom is 0.352 e. The number of nitrogens with one attached hydrogen (secondary N) is 1. The van der Waals surface area contributed by atoms with Gasteiger partial charge in [-0.2, -0.15) is 0 Å². The zero-order valence-corrected chi connectivity index (χ0v) is 8.16. The van der Waals surface area contributed by atoms with Crippen molar-refractivity contribution < 1.29 is 9.90 Å². The molecular formula is C12H11NO2. The molecular weight excluding hydrogens is 190 g/mol. The molecule has 15 heavy (non-hydrogen) atoms. The molecule has 2 aromatic rings. The third kappa shape index (κ3) is 1.64. The largest absolute Gasteiger partial charge is 0.477 e. The minimum atomic E-state index is -0.934. The topological polar surface area (TPSA) is 53.1 Å². The second-order valence-corrected chi connectivity index (χ2v) is 3.36. The summed E-state index contributed by atoms with van der Waals surface area (Å²) in [5.74, 6) is -0.934. The molecule has 0 fully saturated rings. The van der Waals surface area contributed by atoms with Crippen LogP contribution in [0.3, 0.4) is 0 Å².